The summed E-state index contributed by atoms with van der Waals surface area (Å²) < 4.78 is 23.9. The molecule has 0 fully saturated rings. The molecule has 1 aromatic rings. The molecule has 5 nitrogen and oxygen atoms in total. The Morgan fingerprint density at radius 3 is 2.68 bits per heavy atom. The Kier molecular flexibility index (Phi) is 6.29. The smallest absolute Gasteiger partial charge is 0.183 e. The van der Waals surface area contributed by atoms with Crippen molar-refractivity contribution in [2.24, 2.45) is 4.99 Å². The van der Waals surface area contributed by atoms with Gasteiger partial charge in [-0.05, 0) is 18.4 Å². The second kappa shape index (κ2) is 7.74. The molecule has 0 aromatic heterocycles. The molecule has 0 aliphatic rings. The van der Waals surface area contributed by atoms with Crippen LogP contribution in [0.4, 0.5) is 10.1 Å². The number of hydrogen-bond acceptors (Lipinski definition) is 5. The Morgan fingerprint density at radius 1 is 1.47 bits per heavy atom. The van der Waals surface area contributed by atoms with Gasteiger partial charge in [0.1, 0.15) is 11.5 Å². The van der Waals surface area contributed by atoms with Crippen molar-refractivity contribution in [1.82, 2.24) is 5.32 Å². The number of ether oxygens (including phenoxy) is 2. The van der Waals surface area contributed by atoms with Crippen molar-refractivity contribution < 1.29 is 13.9 Å². The molecule has 0 heterocycles. The zero-order valence-electron chi connectivity index (χ0n) is 10.8. The summed E-state index contributed by atoms with van der Waals surface area (Å²) in [5.41, 5.74) is 0.756. The number of nitrogens with zero attached hydrogens (tertiary/aromatic N) is 2. The number of halogens is 1. The van der Waals surface area contributed by atoms with Crippen molar-refractivity contribution in [3.63, 3.8) is 0 Å². The normalized spacial score (nSPS) is 11.5. The Hall–Kier alpha value is -1.62. The average Bonchev–Trinajstić information content (AvgIpc) is 2.42. The highest BCUT2D eigenvalue weighted by Crippen LogP contribution is 2.26. The fourth-order valence-electron chi connectivity index (χ4n) is 1.41. The Balaban J connectivity index is 3.13. The molecule has 19 heavy (non-hydrogen) atoms. The van der Waals surface area contributed by atoms with E-state index in [2.05, 4.69) is 10.3 Å². The van der Waals surface area contributed by atoms with Crippen molar-refractivity contribution in [2.45, 2.75) is 6.29 Å². The summed E-state index contributed by atoms with van der Waals surface area (Å²) in [6.07, 6.45) is 2.89. The van der Waals surface area contributed by atoms with E-state index in [0.29, 0.717) is 10.7 Å². The summed E-state index contributed by atoms with van der Waals surface area (Å²) in [5.74, 6) is -0.485. The van der Waals surface area contributed by atoms with E-state index in [1.54, 1.807) is 18.5 Å². The lowest BCUT2D eigenvalue weighted by Gasteiger charge is -2.14. The van der Waals surface area contributed by atoms with Crippen LogP contribution in [0.5, 0.6) is 0 Å². The van der Waals surface area contributed by atoms with Gasteiger partial charge in [0.05, 0.1) is 0 Å². The molecule has 0 saturated carbocycles. The summed E-state index contributed by atoms with van der Waals surface area (Å²) in [7, 11) is 2.98. The van der Waals surface area contributed by atoms with E-state index in [-0.39, 0.29) is 5.69 Å². The number of amidine groups is 1. The molecule has 1 N–H and O–H groups in total. The zero-order valence-corrected chi connectivity index (χ0v) is 11.6. The summed E-state index contributed by atoms with van der Waals surface area (Å²) in [6, 6.07) is 4.36. The third kappa shape index (κ3) is 4.21. The van der Waals surface area contributed by atoms with Crippen LogP contribution in [-0.4, -0.2) is 25.6 Å². The number of aliphatic imine (C=N–C) groups is 1. The third-order valence-corrected chi connectivity index (χ3v) is 2.83. The lowest BCUT2D eigenvalue weighted by atomic mass is 10.2. The number of rotatable bonds is 4. The predicted octanol–water partition coefficient (Wildman–Crippen LogP) is 2.54. The average molecular weight is 283 g/mol. The molecule has 0 unspecified atom stereocenters. The first kappa shape index (κ1) is 15.4. The second-order valence-corrected chi connectivity index (χ2v) is 4.17. The maximum absolute atomic E-state index is 13.7. The molecule has 0 radical (unpaired) electrons. The van der Waals surface area contributed by atoms with E-state index in [1.807, 2.05) is 0 Å². The van der Waals surface area contributed by atoms with Crippen LogP contribution < -0.4 is 5.32 Å². The minimum Gasteiger partial charge on any atom is -0.352 e. The van der Waals surface area contributed by atoms with E-state index in [1.165, 1.54) is 38.1 Å². The van der Waals surface area contributed by atoms with Gasteiger partial charge in [0.15, 0.2) is 17.7 Å². The molecule has 1 aromatic carbocycles. The molecule has 0 aliphatic heterocycles. The molecular formula is C12H14FN3O2S. The van der Waals surface area contributed by atoms with Gasteiger partial charge in [0.25, 0.3) is 0 Å². The number of benzene rings is 1. The second-order valence-electron chi connectivity index (χ2n) is 3.37. The highest BCUT2D eigenvalue weighted by molar-refractivity contribution is 8.13. The van der Waals surface area contributed by atoms with Crippen molar-refractivity contribution >= 4 is 22.6 Å². The van der Waals surface area contributed by atoms with Gasteiger partial charge >= 0.3 is 0 Å². The van der Waals surface area contributed by atoms with Gasteiger partial charge in [0.2, 0.25) is 0 Å². The molecule has 0 spiro atoms. The number of nitrogens with one attached hydrogen (secondary N) is 1. The van der Waals surface area contributed by atoms with Crippen LogP contribution in [0.1, 0.15) is 11.9 Å². The van der Waals surface area contributed by atoms with Crippen LogP contribution in [-0.2, 0) is 9.47 Å². The number of thioether (sulfide) groups is 1. The van der Waals surface area contributed by atoms with Crippen LogP contribution in [0.25, 0.3) is 0 Å². The maximum Gasteiger partial charge on any atom is 0.183 e. The summed E-state index contributed by atoms with van der Waals surface area (Å²) >= 11 is 1.21. The first-order chi connectivity index (χ1) is 9.15. The van der Waals surface area contributed by atoms with Crippen molar-refractivity contribution in [2.75, 3.05) is 20.5 Å². The number of hydrogen-bond donors (Lipinski definition) is 1. The first-order valence-corrected chi connectivity index (χ1v) is 6.51. The minimum absolute atomic E-state index is 0.115. The van der Waals surface area contributed by atoms with Crippen LogP contribution in [0.3, 0.4) is 0 Å². The van der Waals surface area contributed by atoms with Gasteiger partial charge in [-0.15, -0.1) is 0 Å². The molecule has 0 amide bonds. The quantitative estimate of drug-likeness (QED) is 0.302. The summed E-state index contributed by atoms with van der Waals surface area (Å²) in [6.45, 7) is 0. The van der Waals surface area contributed by atoms with Crippen LogP contribution >= 0.6 is 11.8 Å². The fraction of sp³-hybridized carbons (Fsp3) is 0.333. The molecule has 0 saturated heterocycles. The van der Waals surface area contributed by atoms with Crippen LogP contribution in [0.15, 0.2) is 23.2 Å². The molecule has 0 aliphatic carbocycles. The topological polar surface area (TPSA) is 66.6 Å². The molecule has 1 rings (SSSR count). The Labute approximate surface area is 115 Å². The van der Waals surface area contributed by atoms with Gasteiger partial charge in [-0.2, -0.15) is 5.26 Å². The maximum atomic E-state index is 13.7. The van der Waals surface area contributed by atoms with Crippen molar-refractivity contribution in [3.05, 3.63) is 29.6 Å². The third-order valence-electron chi connectivity index (χ3n) is 2.25. The number of nitriles is 1. The fourth-order valence-corrected chi connectivity index (χ4v) is 1.75. The molecular weight excluding hydrogens is 269 g/mol. The monoisotopic (exact) mass is 283 g/mol. The van der Waals surface area contributed by atoms with Gasteiger partial charge in [0, 0.05) is 19.8 Å². The van der Waals surface area contributed by atoms with Crippen LogP contribution in [0.2, 0.25) is 0 Å². The molecule has 102 valence electrons. The van der Waals surface area contributed by atoms with E-state index in [9.17, 15) is 4.39 Å². The minimum atomic E-state index is -0.587. The Morgan fingerprint density at radius 2 is 2.16 bits per heavy atom. The first-order valence-electron chi connectivity index (χ1n) is 5.29. The van der Waals surface area contributed by atoms with E-state index >= 15 is 0 Å². The standard InChI is InChI=1S/C12H14FN3O2S/c1-17-11(18-2)8-4-5-9(13)10(6-8)16-12(19-3)15-7-14/h4-6,11H,1-3H3,(H,15,16). The van der Waals surface area contributed by atoms with E-state index in [4.69, 9.17) is 14.7 Å². The van der Waals surface area contributed by atoms with E-state index < -0.39 is 12.1 Å². The SMILES string of the molecule is COC(OC)c1ccc(F)c(N=C(NC#N)SC)c1. The molecule has 0 bridgehead atoms. The highest BCUT2D eigenvalue weighted by atomic mass is 32.2. The summed E-state index contributed by atoms with van der Waals surface area (Å²) in [5, 5.41) is 11.2. The predicted molar refractivity (Wildman–Crippen MR) is 72.5 cm³/mol. The Bertz CT molecular complexity index is 498. The van der Waals surface area contributed by atoms with Gasteiger partial charge < -0.3 is 9.47 Å². The molecule has 7 heteroatoms. The lowest BCUT2D eigenvalue weighted by molar-refractivity contribution is -0.106. The molecule has 0 atom stereocenters. The zero-order chi connectivity index (χ0) is 14.3. The highest BCUT2D eigenvalue weighted by Gasteiger charge is 2.12. The van der Waals surface area contributed by atoms with E-state index in [0.717, 1.165) is 0 Å². The lowest BCUT2D eigenvalue weighted by Crippen LogP contribution is -2.12. The number of methoxy groups -OCH3 is 2. The van der Waals surface area contributed by atoms with Gasteiger partial charge in [-0.3, -0.25) is 5.32 Å². The van der Waals surface area contributed by atoms with Crippen molar-refractivity contribution in [3.8, 4) is 6.19 Å². The van der Waals surface area contributed by atoms with Crippen molar-refractivity contribution in [1.29, 1.82) is 5.26 Å². The largest absolute Gasteiger partial charge is 0.352 e. The summed E-state index contributed by atoms with van der Waals surface area (Å²) in [4.78, 5) is 4.04. The van der Waals surface area contributed by atoms with Gasteiger partial charge in [-0.25, -0.2) is 9.38 Å². The van der Waals surface area contributed by atoms with Gasteiger partial charge in [-0.1, -0.05) is 17.8 Å². The van der Waals surface area contributed by atoms with Crippen LogP contribution in [0, 0.1) is 17.3 Å².